The highest BCUT2D eigenvalue weighted by Gasteiger charge is 2.10. The third kappa shape index (κ3) is 3.27. The van der Waals surface area contributed by atoms with E-state index in [1.54, 1.807) is 18.2 Å². The minimum atomic E-state index is -0.672. The molecule has 0 unspecified atom stereocenters. The van der Waals surface area contributed by atoms with Crippen molar-refractivity contribution in [2.45, 2.75) is 0 Å². The number of ether oxygens (including phenoxy) is 1. The van der Waals surface area contributed by atoms with E-state index in [1.165, 1.54) is 12.1 Å². The number of nitrogens with two attached hydrogens (primary N) is 2. The highest BCUT2D eigenvalue weighted by atomic mass is 35.5. The van der Waals surface area contributed by atoms with Crippen molar-refractivity contribution in [2.24, 2.45) is 5.73 Å². The normalized spacial score (nSPS) is 10.2. The lowest BCUT2D eigenvalue weighted by Gasteiger charge is -2.09. The van der Waals surface area contributed by atoms with Crippen LogP contribution in [0.1, 0.15) is 10.5 Å². The average molecular weight is 298 g/mol. The number of halogens is 2. The fourth-order valence-electron chi connectivity index (χ4n) is 1.37. The number of benzene rings is 1. The molecular formula is C12H9Cl2N3O2. The fourth-order valence-corrected chi connectivity index (χ4v) is 1.88. The van der Waals surface area contributed by atoms with E-state index in [9.17, 15) is 4.79 Å². The Hall–Kier alpha value is -1.98. The molecule has 0 aliphatic heterocycles. The molecule has 2 aromatic rings. The smallest absolute Gasteiger partial charge is 0.267 e. The highest BCUT2D eigenvalue weighted by molar-refractivity contribution is 6.34. The van der Waals surface area contributed by atoms with Crippen molar-refractivity contribution in [3.05, 3.63) is 46.1 Å². The quantitative estimate of drug-likeness (QED) is 0.911. The van der Waals surface area contributed by atoms with Gasteiger partial charge in [0, 0.05) is 10.0 Å². The Balaban J connectivity index is 2.37. The summed E-state index contributed by atoms with van der Waals surface area (Å²) >= 11 is 11.7. The van der Waals surface area contributed by atoms with E-state index < -0.39 is 5.91 Å². The number of hydrogen-bond acceptors (Lipinski definition) is 4. The lowest BCUT2D eigenvalue weighted by molar-refractivity contribution is 0.0995. The zero-order valence-corrected chi connectivity index (χ0v) is 11.1. The summed E-state index contributed by atoms with van der Waals surface area (Å²) in [4.78, 5) is 15.0. The van der Waals surface area contributed by atoms with E-state index in [2.05, 4.69) is 4.98 Å². The van der Waals surface area contributed by atoms with Crippen LogP contribution in [-0.4, -0.2) is 10.9 Å². The number of aromatic nitrogens is 1. The van der Waals surface area contributed by atoms with Crippen molar-refractivity contribution >= 4 is 34.8 Å². The van der Waals surface area contributed by atoms with Gasteiger partial charge in [-0.3, -0.25) is 4.79 Å². The second-order valence-electron chi connectivity index (χ2n) is 3.66. The minimum Gasteiger partial charge on any atom is -0.437 e. The van der Waals surface area contributed by atoms with Crippen LogP contribution in [0.25, 0.3) is 0 Å². The Morgan fingerprint density at radius 3 is 2.37 bits per heavy atom. The van der Waals surface area contributed by atoms with E-state index >= 15 is 0 Å². The fraction of sp³-hybridized carbons (Fsp3) is 0. The Morgan fingerprint density at radius 2 is 1.79 bits per heavy atom. The number of hydrogen-bond donors (Lipinski definition) is 2. The Morgan fingerprint density at radius 1 is 1.16 bits per heavy atom. The van der Waals surface area contributed by atoms with Crippen LogP contribution >= 0.6 is 23.2 Å². The van der Waals surface area contributed by atoms with E-state index in [0.717, 1.165) is 0 Å². The molecule has 1 heterocycles. The summed E-state index contributed by atoms with van der Waals surface area (Å²) in [5, 5.41) is 0.819. The first kappa shape index (κ1) is 13.5. The first-order valence-corrected chi connectivity index (χ1v) is 5.91. The van der Waals surface area contributed by atoms with Crippen molar-refractivity contribution in [3.8, 4) is 11.6 Å². The monoisotopic (exact) mass is 297 g/mol. The number of anilines is 1. The van der Waals surface area contributed by atoms with E-state index in [-0.39, 0.29) is 17.3 Å². The summed E-state index contributed by atoms with van der Waals surface area (Å²) < 4.78 is 5.45. The molecule has 2 rings (SSSR count). The molecule has 1 aromatic heterocycles. The number of pyridine rings is 1. The molecule has 0 atom stereocenters. The van der Waals surface area contributed by atoms with Gasteiger partial charge in [-0.1, -0.05) is 23.2 Å². The van der Waals surface area contributed by atoms with Gasteiger partial charge in [0.25, 0.3) is 5.91 Å². The summed E-state index contributed by atoms with van der Waals surface area (Å²) in [6, 6.07) is 7.55. The largest absolute Gasteiger partial charge is 0.437 e. The molecule has 1 aromatic carbocycles. The van der Waals surface area contributed by atoms with Crippen molar-refractivity contribution in [1.82, 2.24) is 4.98 Å². The predicted molar refractivity (Wildman–Crippen MR) is 73.7 cm³/mol. The van der Waals surface area contributed by atoms with Crippen LogP contribution in [0.3, 0.4) is 0 Å². The molecule has 0 saturated heterocycles. The Bertz CT molecular complexity index is 627. The van der Waals surface area contributed by atoms with Gasteiger partial charge in [0.05, 0.1) is 5.69 Å². The molecular weight excluding hydrogens is 289 g/mol. The first-order chi connectivity index (χ1) is 8.95. The minimum absolute atomic E-state index is 0.0531. The number of rotatable bonds is 3. The maximum absolute atomic E-state index is 11.0. The number of nitrogen functional groups attached to an aromatic ring is 1. The van der Waals surface area contributed by atoms with Gasteiger partial charge < -0.3 is 16.2 Å². The molecule has 5 nitrogen and oxygen atoms in total. The van der Waals surface area contributed by atoms with E-state index in [1.807, 2.05) is 0 Å². The second kappa shape index (κ2) is 5.34. The summed E-state index contributed by atoms with van der Waals surface area (Å²) in [5.74, 6) is -0.248. The van der Waals surface area contributed by atoms with Crippen LogP contribution < -0.4 is 16.2 Å². The Kier molecular flexibility index (Phi) is 3.78. The van der Waals surface area contributed by atoms with E-state index in [0.29, 0.717) is 15.8 Å². The van der Waals surface area contributed by atoms with Crippen molar-refractivity contribution in [3.63, 3.8) is 0 Å². The van der Waals surface area contributed by atoms with Crippen molar-refractivity contribution in [1.29, 1.82) is 0 Å². The van der Waals surface area contributed by atoms with Gasteiger partial charge in [0.15, 0.2) is 0 Å². The maximum atomic E-state index is 11.0. The lowest BCUT2D eigenvalue weighted by Crippen LogP contribution is -2.13. The number of amides is 1. The van der Waals surface area contributed by atoms with Gasteiger partial charge in [0.1, 0.15) is 11.4 Å². The number of primary amides is 1. The van der Waals surface area contributed by atoms with Gasteiger partial charge in [-0.2, -0.15) is 0 Å². The molecule has 0 aliphatic rings. The van der Waals surface area contributed by atoms with Crippen LogP contribution in [0, 0.1) is 0 Å². The third-order valence-corrected chi connectivity index (χ3v) is 2.63. The van der Waals surface area contributed by atoms with Crippen molar-refractivity contribution < 1.29 is 9.53 Å². The molecule has 7 heteroatoms. The standard InChI is InChI=1S/C12H9Cl2N3O2/c13-6-3-7(14)5-8(4-6)19-12-9(15)1-2-10(17-12)11(16)18/h1-5H,15H2,(H2,16,18). The van der Waals surface area contributed by atoms with Gasteiger partial charge in [-0.05, 0) is 30.3 Å². The molecule has 98 valence electrons. The number of carbonyl (C=O) groups is 1. The summed E-state index contributed by atoms with van der Waals surface area (Å²) in [6.45, 7) is 0. The number of nitrogens with zero attached hydrogens (tertiary/aromatic N) is 1. The SMILES string of the molecule is NC(=O)c1ccc(N)c(Oc2cc(Cl)cc(Cl)c2)n1. The van der Waals surface area contributed by atoms with Crippen LogP contribution in [0.15, 0.2) is 30.3 Å². The Labute approximate surface area is 119 Å². The molecule has 0 fully saturated rings. The first-order valence-electron chi connectivity index (χ1n) is 5.16. The third-order valence-electron chi connectivity index (χ3n) is 2.19. The van der Waals surface area contributed by atoms with Gasteiger partial charge in [-0.25, -0.2) is 4.98 Å². The molecule has 0 bridgehead atoms. The van der Waals surface area contributed by atoms with Gasteiger partial charge in [0.2, 0.25) is 5.88 Å². The lowest BCUT2D eigenvalue weighted by atomic mass is 10.3. The van der Waals surface area contributed by atoms with Crippen LogP contribution in [0.5, 0.6) is 11.6 Å². The molecule has 19 heavy (non-hydrogen) atoms. The summed E-state index contributed by atoms with van der Waals surface area (Å²) in [7, 11) is 0. The van der Waals surface area contributed by atoms with Gasteiger partial charge >= 0.3 is 0 Å². The molecule has 0 saturated carbocycles. The molecule has 0 radical (unpaired) electrons. The molecule has 1 amide bonds. The van der Waals surface area contributed by atoms with Crippen LogP contribution in [0.4, 0.5) is 5.69 Å². The van der Waals surface area contributed by atoms with Crippen LogP contribution in [-0.2, 0) is 0 Å². The van der Waals surface area contributed by atoms with Crippen molar-refractivity contribution in [2.75, 3.05) is 5.73 Å². The zero-order chi connectivity index (χ0) is 14.0. The molecule has 0 spiro atoms. The number of carbonyl (C=O) groups excluding carboxylic acids is 1. The van der Waals surface area contributed by atoms with Crippen LogP contribution in [0.2, 0.25) is 10.0 Å². The second-order valence-corrected chi connectivity index (χ2v) is 4.54. The molecule has 4 N–H and O–H groups in total. The summed E-state index contributed by atoms with van der Waals surface area (Å²) in [5.41, 5.74) is 11.2. The summed E-state index contributed by atoms with van der Waals surface area (Å²) in [6.07, 6.45) is 0. The zero-order valence-electron chi connectivity index (χ0n) is 9.56. The topological polar surface area (TPSA) is 91.2 Å². The highest BCUT2D eigenvalue weighted by Crippen LogP contribution is 2.30. The average Bonchev–Trinajstić information content (AvgIpc) is 2.30. The predicted octanol–water partition coefficient (Wildman–Crippen LogP) is 2.86. The maximum Gasteiger partial charge on any atom is 0.267 e. The van der Waals surface area contributed by atoms with Gasteiger partial charge in [-0.15, -0.1) is 0 Å². The molecule has 0 aliphatic carbocycles. The van der Waals surface area contributed by atoms with E-state index in [4.69, 9.17) is 39.4 Å².